The maximum Gasteiger partial charge on any atom is 0.312 e. The largest absolute Gasteiger partial charge is 0.462 e. The SMILES string of the molecule is CCCCC(CCCCCCCC(=O)OC1CC(C)(C)N(C)C(C)(C)C1)(C(=O)OC1CC(C)(C)N(C)C(C)(C)C1)C1C(C(C)(C)C)CNCC1C(C)(C)C. The maximum atomic E-state index is 15.4. The highest BCUT2D eigenvalue weighted by molar-refractivity contribution is 5.78. The van der Waals surface area contributed by atoms with Gasteiger partial charge < -0.3 is 14.8 Å². The van der Waals surface area contributed by atoms with Gasteiger partial charge in [0.15, 0.2) is 0 Å². The van der Waals surface area contributed by atoms with E-state index < -0.39 is 5.41 Å². The molecule has 3 heterocycles. The Morgan fingerprint density at radius 3 is 1.43 bits per heavy atom. The number of rotatable bonds is 15. The van der Waals surface area contributed by atoms with Gasteiger partial charge in [-0.1, -0.05) is 87.0 Å². The summed E-state index contributed by atoms with van der Waals surface area (Å²) in [7, 11) is 4.41. The number of piperidine rings is 3. The summed E-state index contributed by atoms with van der Waals surface area (Å²) in [5, 5.41) is 3.84. The predicted molar refractivity (Wildman–Crippen MR) is 227 cm³/mol. The lowest BCUT2D eigenvalue weighted by Gasteiger charge is -2.57. The van der Waals surface area contributed by atoms with Gasteiger partial charge in [0, 0.05) is 54.3 Å². The first-order valence-electron chi connectivity index (χ1n) is 22.2. The zero-order valence-electron chi connectivity index (χ0n) is 38.7. The lowest BCUT2D eigenvalue weighted by molar-refractivity contribution is -0.185. The van der Waals surface area contributed by atoms with Crippen LogP contribution in [0, 0.1) is 34.0 Å². The lowest BCUT2D eigenvalue weighted by atomic mass is 9.50. The van der Waals surface area contributed by atoms with Gasteiger partial charge in [0.25, 0.3) is 0 Å². The van der Waals surface area contributed by atoms with Gasteiger partial charge in [-0.05, 0) is 130 Å². The molecule has 3 saturated heterocycles. The Morgan fingerprint density at radius 1 is 0.611 bits per heavy atom. The number of likely N-dealkylation sites (tertiary alicyclic amines) is 2. The molecule has 3 unspecified atom stereocenters. The van der Waals surface area contributed by atoms with Crippen molar-refractivity contribution in [3.05, 3.63) is 0 Å². The molecule has 3 fully saturated rings. The maximum absolute atomic E-state index is 15.4. The summed E-state index contributed by atoms with van der Waals surface area (Å²) < 4.78 is 13.0. The molecule has 316 valence electrons. The fraction of sp³-hybridized carbons (Fsp3) is 0.957. The molecule has 0 saturated carbocycles. The molecule has 0 amide bonds. The molecule has 0 aromatic rings. The van der Waals surface area contributed by atoms with Gasteiger partial charge in [-0.3, -0.25) is 19.4 Å². The standard InChI is InChI=1S/C47H89N3O4/c1-18-19-26-47(39-36(41(2,3)4)32-48-33-37(39)42(5,6)7,40(52)54-35-30-45(12,13)50(17)46(14,15)31-35)27-24-22-20-21-23-25-38(51)53-34-28-43(8,9)49(16)44(10,11)29-34/h34-37,39,48H,18-33H2,1-17H3. The van der Waals surface area contributed by atoms with Gasteiger partial charge in [0.05, 0.1) is 5.41 Å². The van der Waals surface area contributed by atoms with Crippen LogP contribution in [0.3, 0.4) is 0 Å². The summed E-state index contributed by atoms with van der Waals surface area (Å²) in [5.74, 6) is 0.976. The zero-order valence-corrected chi connectivity index (χ0v) is 38.7. The smallest absolute Gasteiger partial charge is 0.312 e. The first-order valence-corrected chi connectivity index (χ1v) is 22.2. The van der Waals surface area contributed by atoms with Gasteiger partial charge in [0.2, 0.25) is 0 Å². The number of esters is 2. The molecule has 0 bridgehead atoms. The number of hydrogen-bond donors (Lipinski definition) is 1. The van der Waals surface area contributed by atoms with Crippen LogP contribution < -0.4 is 5.32 Å². The van der Waals surface area contributed by atoms with Crippen molar-refractivity contribution >= 4 is 11.9 Å². The molecule has 3 atom stereocenters. The highest BCUT2D eigenvalue weighted by Gasteiger charge is 2.58. The Balaban J connectivity index is 1.80. The van der Waals surface area contributed by atoms with Gasteiger partial charge >= 0.3 is 11.9 Å². The summed E-state index contributed by atoms with van der Waals surface area (Å²) in [6.45, 7) is 36.6. The van der Waals surface area contributed by atoms with Crippen molar-refractivity contribution in [3.8, 4) is 0 Å². The number of nitrogens with zero attached hydrogens (tertiary/aromatic N) is 2. The second-order valence-corrected chi connectivity index (χ2v) is 23.0. The Hall–Kier alpha value is -1.18. The van der Waals surface area contributed by atoms with Crippen LogP contribution >= 0.6 is 0 Å². The van der Waals surface area contributed by atoms with E-state index in [1.807, 2.05) is 0 Å². The fourth-order valence-corrected chi connectivity index (χ4v) is 11.2. The molecule has 0 radical (unpaired) electrons. The van der Waals surface area contributed by atoms with Crippen molar-refractivity contribution in [2.75, 3.05) is 27.2 Å². The summed E-state index contributed by atoms with van der Waals surface area (Å²) >= 11 is 0. The first-order chi connectivity index (χ1) is 24.6. The molecule has 0 spiro atoms. The minimum absolute atomic E-state index is 0.000296. The van der Waals surface area contributed by atoms with Crippen LogP contribution in [0.25, 0.3) is 0 Å². The van der Waals surface area contributed by atoms with Gasteiger partial charge in [0.1, 0.15) is 12.2 Å². The van der Waals surface area contributed by atoms with E-state index in [0.29, 0.717) is 18.3 Å². The number of carbonyl (C=O) groups is 2. The van der Waals surface area contributed by atoms with Crippen LogP contribution in [-0.4, -0.2) is 83.3 Å². The molecule has 7 heteroatoms. The molecule has 3 aliphatic rings. The monoisotopic (exact) mass is 760 g/mol. The average molecular weight is 760 g/mol. The minimum Gasteiger partial charge on any atom is -0.462 e. The van der Waals surface area contributed by atoms with Crippen LogP contribution in [0.15, 0.2) is 0 Å². The van der Waals surface area contributed by atoms with Crippen LogP contribution in [0.2, 0.25) is 0 Å². The van der Waals surface area contributed by atoms with E-state index in [0.717, 1.165) is 96.6 Å². The third-order valence-electron chi connectivity index (χ3n) is 15.0. The minimum atomic E-state index is -0.537. The lowest BCUT2D eigenvalue weighted by Crippen LogP contribution is -2.62. The van der Waals surface area contributed by atoms with Crippen molar-refractivity contribution in [1.82, 2.24) is 15.1 Å². The number of carbonyl (C=O) groups excluding carboxylic acids is 2. The van der Waals surface area contributed by atoms with E-state index >= 15 is 4.79 Å². The molecule has 3 aliphatic heterocycles. The van der Waals surface area contributed by atoms with Gasteiger partial charge in [-0.15, -0.1) is 0 Å². The molecule has 3 rings (SSSR count). The fourth-order valence-electron chi connectivity index (χ4n) is 11.2. The van der Waals surface area contributed by atoms with Crippen molar-refractivity contribution < 1.29 is 19.1 Å². The van der Waals surface area contributed by atoms with E-state index in [1.54, 1.807) is 0 Å². The van der Waals surface area contributed by atoms with Crippen molar-refractivity contribution in [2.45, 2.75) is 228 Å². The third-order valence-corrected chi connectivity index (χ3v) is 15.0. The van der Waals surface area contributed by atoms with E-state index in [1.165, 1.54) is 0 Å². The molecule has 1 N–H and O–H groups in total. The van der Waals surface area contributed by atoms with Crippen LogP contribution in [0.1, 0.15) is 194 Å². The van der Waals surface area contributed by atoms with Crippen LogP contribution in [0.4, 0.5) is 0 Å². The molecule has 7 nitrogen and oxygen atoms in total. The van der Waals surface area contributed by atoms with Gasteiger partial charge in [-0.2, -0.15) is 0 Å². The van der Waals surface area contributed by atoms with Crippen molar-refractivity contribution in [1.29, 1.82) is 0 Å². The van der Waals surface area contributed by atoms with Gasteiger partial charge in [-0.25, -0.2) is 0 Å². The molecule has 0 aliphatic carbocycles. The topological polar surface area (TPSA) is 71.1 Å². The van der Waals surface area contributed by atoms with Crippen molar-refractivity contribution in [2.24, 2.45) is 34.0 Å². The second kappa shape index (κ2) is 17.8. The quantitative estimate of drug-likeness (QED) is 0.132. The van der Waals surface area contributed by atoms with E-state index in [4.69, 9.17) is 9.47 Å². The Kier molecular flexibility index (Phi) is 15.5. The highest BCUT2D eigenvalue weighted by Crippen LogP contribution is 2.56. The second-order valence-electron chi connectivity index (χ2n) is 23.0. The summed E-state index contributed by atoms with van der Waals surface area (Å²) in [5.41, 5.74) is -0.552. The normalized spacial score (nSPS) is 28.0. The van der Waals surface area contributed by atoms with E-state index in [2.05, 4.69) is 133 Å². The zero-order chi connectivity index (χ0) is 41.1. The number of ether oxygens (including phenoxy) is 2. The summed E-state index contributed by atoms with van der Waals surface area (Å²) in [6.07, 6.45) is 12.7. The van der Waals surface area contributed by atoms with Crippen molar-refractivity contribution in [3.63, 3.8) is 0 Å². The third kappa shape index (κ3) is 11.5. The molecular formula is C47H89N3O4. The molecule has 0 aromatic carbocycles. The van der Waals surface area contributed by atoms with Crippen LogP contribution in [-0.2, 0) is 19.1 Å². The average Bonchev–Trinajstić information content (AvgIpc) is 3.01. The van der Waals surface area contributed by atoms with E-state index in [9.17, 15) is 4.79 Å². The summed E-state index contributed by atoms with van der Waals surface area (Å²) in [6, 6.07) is 0. The predicted octanol–water partition coefficient (Wildman–Crippen LogP) is 10.8. The number of unbranched alkanes of at least 4 members (excludes halogenated alkanes) is 5. The van der Waals surface area contributed by atoms with E-state index in [-0.39, 0.29) is 63.1 Å². The molecule has 54 heavy (non-hydrogen) atoms. The summed E-state index contributed by atoms with van der Waals surface area (Å²) in [4.78, 5) is 33.3. The number of nitrogens with one attached hydrogen (secondary N) is 1. The Morgan fingerprint density at radius 2 is 1.00 bits per heavy atom. The first kappa shape index (κ1) is 47.2. The Bertz CT molecular complexity index is 1170. The Labute approximate surface area is 334 Å². The molecule has 0 aromatic heterocycles. The van der Waals surface area contributed by atoms with Crippen LogP contribution in [0.5, 0.6) is 0 Å². The highest BCUT2D eigenvalue weighted by atomic mass is 16.5. The number of hydrogen-bond acceptors (Lipinski definition) is 7. The molecular weight excluding hydrogens is 671 g/mol.